The molecule has 0 aromatic rings. The van der Waals surface area contributed by atoms with Gasteiger partial charge in [-0.25, -0.2) is 0 Å². The summed E-state index contributed by atoms with van der Waals surface area (Å²) in [7, 11) is 7.14. The van der Waals surface area contributed by atoms with Crippen molar-refractivity contribution in [2.45, 2.75) is 68.5 Å². The predicted molar refractivity (Wildman–Crippen MR) is 156 cm³/mol. The summed E-state index contributed by atoms with van der Waals surface area (Å²) in [6, 6.07) is 3.73. The molecule has 15 heteroatoms. The fourth-order valence-corrected chi connectivity index (χ4v) is 11.4. The summed E-state index contributed by atoms with van der Waals surface area (Å²) in [6.07, 6.45) is 6.57. The standard InChI is InChI=1S/C22H56N2O9Si4/c1-25-35(26-2,27-3)19-13-11-10-12-18-34-22(23-16-14-20-36(28-4,29-5)30-6)24-17-15-21-37(31-7,32-8)33-9/h22-24H,10-21,34H2,1-9H3. The highest BCUT2D eigenvalue weighted by molar-refractivity contribution is 6.61. The lowest BCUT2D eigenvalue weighted by Crippen LogP contribution is -2.49. The SMILES string of the molecule is CO[Si](CCCCCC[SiH2]C(NCCC[Si](OC)(OC)OC)NCCC[Si](OC)(OC)OC)(OC)OC. The Morgan fingerprint density at radius 2 is 0.784 bits per heavy atom. The van der Waals surface area contributed by atoms with Gasteiger partial charge >= 0.3 is 26.4 Å². The molecule has 0 rings (SSSR count). The van der Waals surface area contributed by atoms with E-state index in [9.17, 15) is 0 Å². The molecular weight excluding hydrogens is 549 g/mol. The van der Waals surface area contributed by atoms with Gasteiger partial charge in [-0.05, 0) is 32.4 Å². The smallest absolute Gasteiger partial charge is 0.377 e. The van der Waals surface area contributed by atoms with Gasteiger partial charge in [-0.3, -0.25) is 0 Å². The Balaban J connectivity index is 4.56. The first-order chi connectivity index (χ1) is 17.8. The molecule has 2 N–H and O–H groups in total. The monoisotopic (exact) mass is 604 g/mol. The normalized spacial score (nSPS) is 13.5. The van der Waals surface area contributed by atoms with E-state index in [4.69, 9.17) is 39.8 Å². The lowest BCUT2D eigenvalue weighted by molar-refractivity contribution is 0.122. The van der Waals surface area contributed by atoms with Gasteiger partial charge in [-0.1, -0.05) is 25.3 Å². The predicted octanol–water partition coefficient (Wildman–Crippen LogP) is 2.01. The maximum Gasteiger partial charge on any atom is 0.500 e. The van der Waals surface area contributed by atoms with Crippen molar-refractivity contribution in [3.63, 3.8) is 0 Å². The second-order valence-electron chi connectivity index (χ2n) is 8.86. The van der Waals surface area contributed by atoms with E-state index in [2.05, 4.69) is 10.6 Å². The summed E-state index contributed by atoms with van der Waals surface area (Å²) in [4.78, 5) is 0. The highest BCUT2D eigenvalue weighted by Crippen LogP contribution is 2.18. The first-order valence-corrected chi connectivity index (χ1v) is 20.9. The van der Waals surface area contributed by atoms with Crippen molar-refractivity contribution in [1.29, 1.82) is 0 Å². The summed E-state index contributed by atoms with van der Waals surface area (Å²) in [5, 5.41) is 7.46. The second kappa shape index (κ2) is 22.2. The first kappa shape index (κ1) is 37.4. The fourth-order valence-electron chi connectivity index (χ4n) is 4.33. The number of rotatable bonds is 27. The molecule has 0 aliphatic rings. The van der Waals surface area contributed by atoms with E-state index in [0.717, 1.165) is 50.5 Å². The van der Waals surface area contributed by atoms with Crippen molar-refractivity contribution in [2.24, 2.45) is 0 Å². The largest absolute Gasteiger partial charge is 0.500 e. The van der Waals surface area contributed by atoms with Gasteiger partial charge in [0.15, 0.2) is 0 Å². The van der Waals surface area contributed by atoms with E-state index in [1.165, 1.54) is 25.3 Å². The molecule has 0 heterocycles. The summed E-state index contributed by atoms with van der Waals surface area (Å²) in [5.74, 6) is 0.364. The van der Waals surface area contributed by atoms with E-state index >= 15 is 0 Å². The van der Waals surface area contributed by atoms with Crippen molar-refractivity contribution in [1.82, 2.24) is 10.6 Å². The van der Waals surface area contributed by atoms with E-state index in [1.807, 2.05) is 0 Å². The zero-order valence-corrected chi connectivity index (χ0v) is 29.4. The average Bonchev–Trinajstić information content (AvgIpc) is 2.95. The summed E-state index contributed by atoms with van der Waals surface area (Å²) >= 11 is 0. The van der Waals surface area contributed by atoms with E-state index in [0.29, 0.717) is 5.79 Å². The zero-order chi connectivity index (χ0) is 28.0. The summed E-state index contributed by atoms with van der Waals surface area (Å²) in [5.41, 5.74) is 0. The number of hydrogen-bond donors (Lipinski definition) is 2. The molecule has 0 aliphatic heterocycles. The van der Waals surface area contributed by atoms with Gasteiger partial charge in [-0.15, -0.1) is 0 Å². The second-order valence-corrected chi connectivity index (χ2v) is 20.2. The molecule has 0 saturated carbocycles. The molecule has 0 fully saturated rings. The van der Waals surface area contributed by atoms with Crippen molar-refractivity contribution in [2.75, 3.05) is 77.1 Å². The third kappa shape index (κ3) is 14.6. The van der Waals surface area contributed by atoms with Gasteiger partial charge in [0.25, 0.3) is 0 Å². The highest BCUT2D eigenvalue weighted by atomic mass is 28.4. The third-order valence-electron chi connectivity index (χ3n) is 6.88. The number of hydrogen-bond acceptors (Lipinski definition) is 11. The molecule has 0 amide bonds. The van der Waals surface area contributed by atoms with Crippen LogP contribution in [-0.4, -0.2) is 119 Å². The zero-order valence-electron chi connectivity index (χ0n) is 24.9. The molecular formula is C22H56N2O9Si4. The van der Waals surface area contributed by atoms with Crippen LogP contribution in [0.25, 0.3) is 0 Å². The van der Waals surface area contributed by atoms with Gasteiger partial charge < -0.3 is 50.5 Å². The average molecular weight is 605 g/mol. The Morgan fingerprint density at radius 1 is 0.459 bits per heavy atom. The van der Waals surface area contributed by atoms with Crippen molar-refractivity contribution >= 4 is 35.9 Å². The van der Waals surface area contributed by atoms with Gasteiger partial charge in [0.1, 0.15) is 0 Å². The van der Waals surface area contributed by atoms with E-state index in [-0.39, 0.29) is 9.52 Å². The molecule has 0 saturated heterocycles. The first-order valence-electron chi connectivity index (χ1n) is 13.3. The van der Waals surface area contributed by atoms with E-state index < -0.39 is 26.4 Å². The number of unbranched alkanes of at least 4 members (excludes halogenated alkanes) is 3. The molecule has 37 heavy (non-hydrogen) atoms. The molecule has 0 unspecified atom stereocenters. The van der Waals surface area contributed by atoms with Crippen LogP contribution >= 0.6 is 0 Å². The molecule has 0 aliphatic carbocycles. The number of nitrogens with one attached hydrogen (secondary N) is 2. The molecule has 11 nitrogen and oxygen atoms in total. The van der Waals surface area contributed by atoms with Crippen molar-refractivity contribution in [3.8, 4) is 0 Å². The van der Waals surface area contributed by atoms with Crippen LogP contribution in [0.15, 0.2) is 0 Å². The Labute approximate surface area is 231 Å². The maximum absolute atomic E-state index is 5.55. The molecule has 0 aromatic heterocycles. The Kier molecular flexibility index (Phi) is 22.4. The topological polar surface area (TPSA) is 107 Å². The third-order valence-corrected chi connectivity index (χ3v) is 17.4. The van der Waals surface area contributed by atoms with Crippen LogP contribution in [0.3, 0.4) is 0 Å². The Hall–Kier alpha value is 0.428. The summed E-state index contributed by atoms with van der Waals surface area (Å²) in [6.45, 7) is 1.78. The lowest BCUT2D eigenvalue weighted by atomic mass is 10.2. The van der Waals surface area contributed by atoms with Crippen LogP contribution in [0.1, 0.15) is 38.5 Å². The van der Waals surface area contributed by atoms with Crippen LogP contribution in [-0.2, 0) is 39.8 Å². The Bertz CT molecular complexity index is 480. The van der Waals surface area contributed by atoms with E-state index in [1.54, 1.807) is 64.0 Å². The van der Waals surface area contributed by atoms with Gasteiger partial charge in [0, 0.05) is 87.9 Å². The van der Waals surface area contributed by atoms with Crippen LogP contribution < -0.4 is 10.6 Å². The molecule has 0 spiro atoms. The van der Waals surface area contributed by atoms with Gasteiger partial charge in [0.05, 0.1) is 9.52 Å². The molecule has 0 bridgehead atoms. The fraction of sp³-hybridized carbons (Fsp3) is 1.00. The van der Waals surface area contributed by atoms with Crippen LogP contribution in [0.5, 0.6) is 0 Å². The molecule has 0 aromatic carbocycles. The van der Waals surface area contributed by atoms with Crippen LogP contribution in [0.4, 0.5) is 0 Å². The van der Waals surface area contributed by atoms with Crippen molar-refractivity contribution in [3.05, 3.63) is 0 Å². The molecule has 0 atom stereocenters. The summed E-state index contributed by atoms with van der Waals surface area (Å²) < 4.78 is 49.8. The van der Waals surface area contributed by atoms with Crippen LogP contribution in [0, 0.1) is 0 Å². The maximum atomic E-state index is 5.55. The van der Waals surface area contributed by atoms with Crippen molar-refractivity contribution < 1.29 is 39.8 Å². The molecule has 224 valence electrons. The quantitative estimate of drug-likeness (QED) is 0.0817. The molecule has 0 radical (unpaired) electrons. The van der Waals surface area contributed by atoms with Gasteiger partial charge in [-0.2, -0.15) is 0 Å². The lowest BCUT2D eigenvalue weighted by Gasteiger charge is -2.26. The van der Waals surface area contributed by atoms with Crippen LogP contribution in [0.2, 0.25) is 24.2 Å². The minimum atomic E-state index is -2.53. The highest BCUT2D eigenvalue weighted by Gasteiger charge is 2.38. The minimum absolute atomic E-state index is 0.358. The van der Waals surface area contributed by atoms with Gasteiger partial charge in [0.2, 0.25) is 0 Å². The minimum Gasteiger partial charge on any atom is -0.377 e. The Morgan fingerprint density at radius 3 is 1.14 bits per heavy atom.